The molecule has 2 heterocycles. The normalized spacial score (nSPS) is 15.1. The van der Waals surface area contributed by atoms with Gasteiger partial charge in [0.2, 0.25) is 10.0 Å². The Labute approximate surface area is 153 Å². The lowest BCUT2D eigenvalue weighted by Crippen LogP contribution is -2.31. The summed E-state index contributed by atoms with van der Waals surface area (Å²) < 4.78 is 32.1. The molecule has 1 aliphatic heterocycles. The van der Waals surface area contributed by atoms with E-state index in [0.717, 1.165) is 18.6 Å². The molecule has 1 amide bonds. The number of aromatic amines is 1. The van der Waals surface area contributed by atoms with Gasteiger partial charge in [-0.1, -0.05) is 18.2 Å². The molecule has 0 saturated carbocycles. The zero-order valence-electron chi connectivity index (χ0n) is 14.7. The summed E-state index contributed by atoms with van der Waals surface area (Å²) in [5, 5.41) is 0. The molecule has 26 heavy (non-hydrogen) atoms. The van der Waals surface area contributed by atoms with Gasteiger partial charge in [-0.2, -0.15) is 4.31 Å². The molecule has 0 bridgehead atoms. The van der Waals surface area contributed by atoms with E-state index < -0.39 is 10.0 Å². The summed E-state index contributed by atoms with van der Waals surface area (Å²) in [6, 6.07) is 10.8. The van der Waals surface area contributed by atoms with E-state index in [1.165, 1.54) is 21.5 Å². The van der Waals surface area contributed by atoms with Crippen LogP contribution in [0, 0.1) is 0 Å². The molecule has 7 nitrogen and oxygen atoms in total. The highest BCUT2D eigenvalue weighted by Gasteiger charge is 2.29. The first-order chi connectivity index (χ1) is 12.5. The van der Waals surface area contributed by atoms with Gasteiger partial charge in [0.05, 0.1) is 6.54 Å². The molecule has 0 spiro atoms. The lowest BCUT2D eigenvalue weighted by molar-refractivity contribution is 0.0768. The molecule has 2 aromatic rings. The summed E-state index contributed by atoms with van der Waals surface area (Å²) >= 11 is 0. The van der Waals surface area contributed by atoms with Crippen LogP contribution in [0.15, 0.2) is 47.5 Å². The van der Waals surface area contributed by atoms with E-state index >= 15 is 0 Å². The third kappa shape index (κ3) is 4.08. The highest BCUT2D eigenvalue weighted by atomic mass is 32.2. The van der Waals surface area contributed by atoms with Crippen molar-refractivity contribution in [3.63, 3.8) is 0 Å². The van der Waals surface area contributed by atoms with Gasteiger partial charge in [0.15, 0.2) is 0 Å². The van der Waals surface area contributed by atoms with Crippen molar-refractivity contribution < 1.29 is 17.9 Å². The predicted octanol–water partition coefficient (Wildman–Crippen LogP) is 1.95. The molecule has 140 valence electrons. The first-order valence-corrected chi connectivity index (χ1v) is 10.0. The lowest BCUT2D eigenvalue weighted by Gasteiger charge is -2.16. The Morgan fingerprint density at radius 1 is 1.23 bits per heavy atom. The van der Waals surface area contributed by atoms with Crippen LogP contribution in [-0.4, -0.2) is 61.8 Å². The number of benzene rings is 1. The van der Waals surface area contributed by atoms with Crippen LogP contribution < -0.4 is 4.74 Å². The second-order valence-corrected chi connectivity index (χ2v) is 8.19. The second-order valence-electron chi connectivity index (χ2n) is 6.25. The van der Waals surface area contributed by atoms with Gasteiger partial charge in [0.25, 0.3) is 5.91 Å². The van der Waals surface area contributed by atoms with E-state index in [1.54, 1.807) is 7.05 Å². The van der Waals surface area contributed by atoms with Crippen LogP contribution in [0.2, 0.25) is 0 Å². The Morgan fingerprint density at radius 2 is 1.92 bits per heavy atom. The van der Waals surface area contributed by atoms with Crippen LogP contribution in [-0.2, 0) is 10.0 Å². The van der Waals surface area contributed by atoms with Crippen LogP contribution in [0.5, 0.6) is 5.75 Å². The minimum atomic E-state index is -3.52. The number of aromatic nitrogens is 1. The summed E-state index contributed by atoms with van der Waals surface area (Å²) in [6.45, 7) is 1.81. The number of likely N-dealkylation sites (N-methyl/N-ethyl adjacent to an activating group) is 1. The van der Waals surface area contributed by atoms with E-state index in [0.29, 0.717) is 26.2 Å². The van der Waals surface area contributed by atoms with E-state index in [2.05, 4.69) is 4.98 Å². The summed E-state index contributed by atoms with van der Waals surface area (Å²) in [7, 11) is -1.86. The fourth-order valence-corrected chi connectivity index (χ4v) is 4.36. The second kappa shape index (κ2) is 7.92. The average Bonchev–Trinajstić information content (AvgIpc) is 3.34. The minimum absolute atomic E-state index is 0.136. The minimum Gasteiger partial charge on any atom is -0.492 e. The van der Waals surface area contributed by atoms with Crippen molar-refractivity contribution in [1.29, 1.82) is 0 Å². The third-order valence-electron chi connectivity index (χ3n) is 4.38. The van der Waals surface area contributed by atoms with Gasteiger partial charge in [-0.05, 0) is 31.0 Å². The molecule has 1 aromatic heterocycles. The molecule has 1 fully saturated rings. The quantitative estimate of drug-likeness (QED) is 0.799. The van der Waals surface area contributed by atoms with Gasteiger partial charge in [-0.3, -0.25) is 4.79 Å². The molecule has 0 aliphatic carbocycles. The number of carbonyl (C=O) groups excluding carboxylic acids is 1. The maximum absolute atomic E-state index is 12.5. The number of ether oxygens (including phenoxy) is 1. The number of hydrogen-bond donors (Lipinski definition) is 1. The number of amides is 1. The van der Waals surface area contributed by atoms with Crippen molar-refractivity contribution in [3.8, 4) is 5.75 Å². The van der Waals surface area contributed by atoms with Crippen molar-refractivity contribution in [2.45, 2.75) is 17.7 Å². The molecule has 0 atom stereocenters. The Balaban J connectivity index is 1.58. The van der Waals surface area contributed by atoms with Crippen molar-refractivity contribution in [1.82, 2.24) is 14.2 Å². The standard InChI is InChI=1S/C18H23N3O4S/c1-20(11-12-25-15-7-3-2-4-8-15)18(22)17-13-16(14-19-17)26(23,24)21-9-5-6-10-21/h2-4,7-8,13-14,19H,5-6,9-12H2,1H3. The molecule has 3 rings (SSSR count). The van der Waals surface area contributed by atoms with E-state index in [4.69, 9.17) is 4.74 Å². The Hall–Kier alpha value is -2.32. The largest absolute Gasteiger partial charge is 0.492 e. The Morgan fingerprint density at radius 3 is 2.62 bits per heavy atom. The van der Waals surface area contributed by atoms with Crippen LogP contribution in [0.4, 0.5) is 0 Å². The van der Waals surface area contributed by atoms with Gasteiger partial charge in [-0.15, -0.1) is 0 Å². The zero-order chi connectivity index (χ0) is 18.6. The Bertz CT molecular complexity index is 842. The highest BCUT2D eigenvalue weighted by molar-refractivity contribution is 7.89. The molecule has 1 N–H and O–H groups in total. The molecule has 1 aliphatic rings. The smallest absolute Gasteiger partial charge is 0.270 e. The van der Waals surface area contributed by atoms with Gasteiger partial charge < -0.3 is 14.6 Å². The van der Waals surface area contributed by atoms with E-state index in [9.17, 15) is 13.2 Å². The SMILES string of the molecule is CN(CCOc1ccccc1)C(=O)c1cc(S(=O)(=O)N2CCCC2)c[nH]1. The summed E-state index contributed by atoms with van der Waals surface area (Å²) in [6.07, 6.45) is 3.13. The van der Waals surface area contributed by atoms with Crippen LogP contribution in [0.1, 0.15) is 23.3 Å². The fraction of sp³-hybridized carbons (Fsp3) is 0.389. The number of nitrogens with zero attached hydrogens (tertiary/aromatic N) is 2. The van der Waals surface area contributed by atoms with E-state index in [-0.39, 0.29) is 16.5 Å². The van der Waals surface area contributed by atoms with Crippen molar-refractivity contribution in [2.75, 3.05) is 33.3 Å². The summed E-state index contributed by atoms with van der Waals surface area (Å²) in [5.74, 6) is 0.469. The number of rotatable bonds is 7. The molecule has 8 heteroatoms. The number of para-hydroxylation sites is 1. The maximum atomic E-state index is 12.5. The fourth-order valence-electron chi connectivity index (χ4n) is 2.85. The maximum Gasteiger partial charge on any atom is 0.270 e. The number of sulfonamides is 1. The lowest BCUT2D eigenvalue weighted by atomic mass is 10.3. The van der Waals surface area contributed by atoms with Crippen molar-refractivity contribution in [3.05, 3.63) is 48.3 Å². The highest BCUT2D eigenvalue weighted by Crippen LogP contribution is 2.21. The monoisotopic (exact) mass is 377 g/mol. The number of nitrogens with one attached hydrogen (secondary N) is 1. The first-order valence-electron chi connectivity index (χ1n) is 8.60. The van der Waals surface area contributed by atoms with Crippen molar-refractivity contribution >= 4 is 15.9 Å². The molecule has 1 saturated heterocycles. The van der Waals surface area contributed by atoms with Gasteiger partial charge in [-0.25, -0.2) is 8.42 Å². The van der Waals surface area contributed by atoms with Gasteiger partial charge in [0, 0.05) is 26.3 Å². The van der Waals surface area contributed by atoms with Gasteiger partial charge >= 0.3 is 0 Å². The van der Waals surface area contributed by atoms with Crippen LogP contribution >= 0.6 is 0 Å². The number of H-pyrrole nitrogens is 1. The summed E-state index contributed by atoms with van der Waals surface area (Å²) in [5.41, 5.74) is 0.255. The van der Waals surface area contributed by atoms with Crippen molar-refractivity contribution in [2.24, 2.45) is 0 Å². The van der Waals surface area contributed by atoms with Crippen LogP contribution in [0.3, 0.4) is 0 Å². The molecular formula is C18H23N3O4S. The van der Waals surface area contributed by atoms with Crippen LogP contribution in [0.25, 0.3) is 0 Å². The predicted molar refractivity (Wildman–Crippen MR) is 97.7 cm³/mol. The molecular weight excluding hydrogens is 354 g/mol. The zero-order valence-corrected chi connectivity index (χ0v) is 15.5. The molecule has 0 radical (unpaired) electrons. The number of hydrogen-bond acceptors (Lipinski definition) is 4. The first kappa shape index (κ1) is 18.5. The molecule has 1 aromatic carbocycles. The molecule has 0 unspecified atom stereocenters. The number of carbonyl (C=O) groups is 1. The Kier molecular flexibility index (Phi) is 5.63. The average molecular weight is 377 g/mol. The van der Waals surface area contributed by atoms with E-state index in [1.807, 2.05) is 30.3 Å². The summed E-state index contributed by atoms with van der Waals surface area (Å²) in [4.78, 5) is 16.9. The van der Waals surface area contributed by atoms with Gasteiger partial charge in [0.1, 0.15) is 22.9 Å². The third-order valence-corrected chi connectivity index (χ3v) is 6.25. The topological polar surface area (TPSA) is 82.7 Å².